The zero-order chi connectivity index (χ0) is 10.3. The van der Waals surface area contributed by atoms with Crippen LogP contribution in [0.5, 0.6) is 0 Å². The van der Waals surface area contributed by atoms with Crippen molar-refractivity contribution < 1.29 is 0 Å². The van der Waals surface area contributed by atoms with Crippen LogP contribution in [-0.2, 0) is 0 Å². The molecule has 0 aliphatic heterocycles. The van der Waals surface area contributed by atoms with Gasteiger partial charge in [-0.1, -0.05) is 20.3 Å². The highest BCUT2D eigenvalue weighted by atomic mass is 127. The van der Waals surface area contributed by atoms with E-state index in [2.05, 4.69) is 41.5 Å². The minimum absolute atomic E-state index is 0.337. The molecule has 0 spiro atoms. The van der Waals surface area contributed by atoms with Gasteiger partial charge < -0.3 is 5.73 Å². The van der Waals surface area contributed by atoms with Crippen molar-refractivity contribution in [3.8, 4) is 0 Å². The molecule has 1 aliphatic rings. The number of rotatable bonds is 1. The zero-order valence-electron chi connectivity index (χ0n) is 8.63. The molecule has 0 aromatic carbocycles. The van der Waals surface area contributed by atoms with Gasteiger partial charge in [-0.05, 0) is 40.8 Å². The number of nitrogen functional groups attached to an aromatic ring is 1. The molecule has 2 rings (SSSR count). The van der Waals surface area contributed by atoms with E-state index in [1.807, 2.05) is 10.9 Å². The second-order valence-electron chi connectivity index (χ2n) is 4.72. The Kier molecular flexibility index (Phi) is 2.49. The quantitative estimate of drug-likeness (QED) is 0.811. The SMILES string of the molecule is CC1(C)CCCC1n1ncc(I)c1N. The maximum absolute atomic E-state index is 6.00. The summed E-state index contributed by atoms with van der Waals surface area (Å²) in [6.07, 6.45) is 5.61. The molecular weight excluding hydrogens is 289 g/mol. The topological polar surface area (TPSA) is 43.8 Å². The summed E-state index contributed by atoms with van der Waals surface area (Å²) in [6, 6.07) is 0.478. The first kappa shape index (κ1) is 10.3. The van der Waals surface area contributed by atoms with E-state index in [4.69, 9.17) is 5.73 Å². The molecule has 1 aliphatic carbocycles. The van der Waals surface area contributed by atoms with Gasteiger partial charge in [0.05, 0.1) is 15.8 Å². The van der Waals surface area contributed by atoms with Gasteiger partial charge in [0.2, 0.25) is 0 Å². The molecule has 1 atom stereocenters. The standard InChI is InChI=1S/C10H16IN3/c1-10(2)5-3-4-8(10)14-9(12)7(11)6-13-14/h6,8H,3-5,12H2,1-2H3. The summed E-state index contributed by atoms with van der Waals surface area (Å²) < 4.78 is 3.07. The molecule has 2 N–H and O–H groups in total. The zero-order valence-corrected chi connectivity index (χ0v) is 10.8. The molecule has 1 heterocycles. The fraction of sp³-hybridized carbons (Fsp3) is 0.700. The van der Waals surface area contributed by atoms with Crippen molar-refractivity contribution in [2.24, 2.45) is 5.41 Å². The van der Waals surface area contributed by atoms with Crippen LogP contribution in [0, 0.1) is 8.99 Å². The maximum Gasteiger partial charge on any atom is 0.135 e. The first-order valence-electron chi connectivity index (χ1n) is 5.01. The highest BCUT2D eigenvalue weighted by Gasteiger charge is 2.37. The van der Waals surface area contributed by atoms with Crippen molar-refractivity contribution in [2.45, 2.75) is 39.2 Å². The van der Waals surface area contributed by atoms with Crippen molar-refractivity contribution in [1.29, 1.82) is 0 Å². The Labute approximate surface area is 98.2 Å². The molecule has 0 amide bonds. The van der Waals surface area contributed by atoms with Crippen LogP contribution < -0.4 is 5.73 Å². The van der Waals surface area contributed by atoms with Gasteiger partial charge in [0.1, 0.15) is 5.82 Å². The Morgan fingerprint density at radius 3 is 2.79 bits per heavy atom. The van der Waals surface area contributed by atoms with Gasteiger partial charge in [-0.3, -0.25) is 0 Å². The average Bonchev–Trinajstić information content (AvgIpc) is 2.59. The van der Waals surface area contributed by atoms with E-state index in [0.717, 1.165) is 9.39 Å². The highest BCUT2D eigenvalue weighted by molar-refractivity contribution is 14.1. The van der Waals surface area contributed by atoms with Crippen LogP contribution in [0.2, 0.25) is 0 Å². The van der Waals surface area contributed by atoms with Gasteiger partial charge >= 0.3 is 0 Å². The van der Waals surface area contributed by atoms with Crippen molar-refractivity contribution >= 4 is 28.4 Å². The summed E-state index contributed by atoms with van der Waals surface area (Å²) in [5.74, 6) is 0.825. The molecular formula is C10H16IN3. The summed E-state index contributed by atoms with van der Waals surface area (Å²) in [5.41, 5.74) is 6.33. The van der Waals surface area contributed by atoms with E-state index >= 15 is 0 Å². The minimum atomic E-state index is 0.337. The van der Waals surface area contributed by atoms with E-state index < -0.39 is 0 Å². The molecule has 0 saturated heterocycles. The number of hydrogen-bond donors (Lipinski definition) is 1. The van der Waals surface area contributed by atoms with E-state index in [1.54, 1.807) is 0 Å². The fourth-order valence-corrected chi connectivity index (χ4v) is 2.73. The number of halogens is 1. The van der Waals surface area contributed by atoms with E-state index in [1.165, 1.54) is 19.3 Å². The van der Waals surface area contributed by atoms with Crippen molar-refractivity contribution in [3.05, 3.63) is 9.77 Å². The van der Waals surface area contributed by atoms with Gasteiger partial charge in [-0.25, -0.2) is 4.68 Å². The summed E-state index contributed by atoms with van der Waals surface area (Å²) in [4.78, 5) is 0. The van der Waals surface area contributed by atoms with E-state index in [0.29, 0.717) is 11.5 Å². The summed E-state index contributed by atoms with van der Waals surface area (Å²) in [6.45, 7) is 4.61. The lowest BCUT2D eigenvalue weighted by molar-refractivity contribution is 0.246. The molecule has 1 aromatic heterocycles. The molecule has 14 heavy (non-hydrogen) atoms. The molecule has 1 saturated carbocycles. The number of nitrogens with two attached hydrogens (primary N) is 1. The lowest BCUT2D eigenvalue weighted by Crippen LogP contribution is -2.23. The first-order valence-corrected chi connectivity index (χ1v) is 6.09. The van der Waals surface area contributed by atoms with Crippen molar-refractivity contribution in [2.75, 3.05) is 5.73 Å². The van der Waals surface area contributed by atoms with Gasteiger partial charge in [0.15, 0.2) is 0 Å². The van der Waals surface area contributed by atoms with Crippen LogP contribution in [0.1, 0.15) is 39.2 Å². The van der Waals surface area contributed by atoms with Crippen LogP contribution in [0.4, 0.5) is 5.82 Å². The average molecular weight is 305 g/mol. The molecule has 0 radical (unpaired) electrons. The number of aromatic nitrogens is 2. The summed E-state index contributed by atoms with van der Waals surface area (Å²) in [7, 11) is 0. The van der Waals surface area contributed by atoms with Gasteiger partial charge in [0, 0.05) is 0 Å². The summed E-state index contributed by atoms with van der Waals surface area (Å²) in [5, 5.41) is 4.38. The van der Waals surface area contributed by atoms with E-state index in [-0.39, 0.29) is 0 Å². The van der Waals surface area contributed by atoms with Gasteiger partial charge in [0.25, 0.3) is 0 Å². The normalized spacial score (nSPS) is 25.5. The van der Waals surface area contributed by atoms with Crippen LogP contribution in [0.25, 0.3) is 0 Å². The predicted octanol–water partition coefficient (Wildman–Crippen LogP) is 2.82. The van der Waals surface area contributed by atoms with Crippen molar-refractivity contribution in [1.82, 2.24) is 9.78 Å². The fourth-order valence-electron chi connectivity index (χ4n) is 2.36. The third-order valence-corrected chi connectivity index (χ3v) is 4.11. The number of nitrogens with zero attached hydrogens (tertiary/aromatic N) is 2. The predicted molar refractivity (Wildman–Crippen MR) is 66.0 cm³/mol. The highest BCUT2D eigenvalue weighted by Crippen LogP contribution is 2.46. The van der Waals surface area contributed by atoms with Crippen LogP contribution in [0.15, 0.2) is 6.20 Å². The third kappa shape index (κ3) is 1.53. The number of anilines is 1. The summed E-state index contributed by atoms with van der Waals surface area (Å²) >= 11 is 2.24. The van der Waals surface area contributed by atoms with Gasteiger partial charge in [-0.2, -0.15) is 5.10 Å². The monoisotopic (exact) mass is 305 g/mol. The smallest absolute Gasteiger partial charge is 0.135 e. The minimum Gasteiger partial charge on any atom is -0.383 e. The van der Waals surface area contributed by atoms with Crippen molar-refractivity contribution in [3.63, 3.8) is 0 Å². The Balaban J connectivity index is 2.36. The van der Waals surface area contributed by atoms with Gasteiger partial charge in [-0.15, -0.1) is 0 Å². The molecule has 4 heteroatoms. The maximum atomic E-state index is 6.00. The Morgan fingerprint density at radius 1 is 1.64 bits per heavy atom. The number of hydrogen-bond acceptors (Lipinski definition) is 2. The molecule has 0 bridgehead atoms. The largest absolute Gasteiger partial charge is 0.383 e. The molecule has 1 aromatic rings. The Hall–Kier alpha value is -0.260. The van der Waals surface area contributed by atoms with Crippen LogP contribution in [0.3, 0.4) is 0 Å². The third-order valence-electron chi connectivity index (χ3n) is 3.28. The van der Waals surface area contributed by atoms with E-state index in [9.17, 15) is 0 Å². The Morgan fingerprint density at radius 2 is 2.36 bits per heavy atom. The lowest BCUT2D eigenvalue weighted by atomic mass is 9.87. The van der Waals surface area contributed by atoms with Crippen LogP contribution in [-0.4, -0.2) is 9.78 Å². The first-order chi connectivity index (χ1) is 6.52. The molecule has 78 valence electrons. The second-order valence-corrected chi connectivity index (χ2v) is 5.88. The molecule has 1 fully saturated rings. The Bertz CT molecular complexity index is 343. The molecule has 3 nitrogen and oxygen atoms in total. The second kappa shape index (κ2) is 3.40. The van der Waals surface area contributed by atoms with Crippen LogP contribution >= 0.6 is 22.6 Å². The molecule has 1 unspecified atom stereocenters. The lowest BCUT2D eigenvalue weighted by Gasteiger charge is -2.27.